The Labute approximate surface area is 131 Å². The minimum Gasteiger partial charge on any atom is -0.493 e. The molecule has 118 valence electrons. The topological polar surface area (TPSA) is 39.7 Å². The molecule has 0 bridgehead atoms. The van der Waals surface area contributed by atoms with Crippen LogP contribution in [0.5, 0.6) is 11.5 Å². The maximum Gasteiger partial charge on any atom is 0.179 e. The molecule has 0 aromatic heterocycles. The number of methoxy groups -OCH3 is 2. The molecule has 0 radical (unpaired) electrons. The lowest BCUT2D eigenvalue weighted by atomic mass is 9.88. The maximum absolute atomic E-state index is 6.33. The van der Waals surface area contributed by atoms with E-state index in [1.165, 1.54) is 0 Å². The van der Waals surface area contributed by atoms with Gasteiger partial charge >= 0.3 is 0 Å². The van der Waals surface area contributed by atoms with Crippen molar-refractivity contribution >= 4 is 11.6 Å². The number of halogens is 1. The number of rotatable bonds is 6. The van der Waals surface area contributed by atoms with Crippen molar-refractivity contribution in [3.63, 3.8) is 0 Å². The second kappa shape index (κ2) is 7.87. The highest BCUT2D eigenvalue weighted by molar-refractivity contribution is 6.32. The summed E-state index contributed by atoms with van der Waals surface area (Å²) in [6, 6.07) is 4.19. The quantitative estimate of drug-likeness (QED) is 0.873. The summed E-state index contributed by atoms with van der Waals surface area (Å²) in [5.41, 5.74) is 1.12. The second-order valence-corrected chi connectivity index (χ2v) is 5.66. The van der Waals surface area contributed by atoms with E-state index in [1.54, 1.807) is 14.2 Å². The first-order chi connectivity index (χ1) is 10.2. The highest BCUT2D eigenvalue weighted by atomic mass is 35.5. The Balaban J connectivity index is 2.32. The van der Waals surface area contributed by atoms with Gasteiger partial charge in [0.1, 0.15) is 0 Å². The third kappa shape index (κ3) is 3.82. The molecule has 1 N–H and O–H groups in total. The first-order valence-electron chi connectivity index (χ1n) is 7.43. The highest BCUT2D eigenvalue weighted by Gasteiger charge is 2.26. The van der Waals surface area contributed by atoms with Crippen LogP contribution < -0.4 is 14.8 Å². The van der Waals surface area contributed by atoms with E-state index < -0.39 is 0 Å². The third-order valence-corrected chi connectivity index (χ3v) is 4.19. The van der Waals surface area contributed by atoms with Crippen LogP contribution in [0.1, 0.15) is 31.4 Å². The summed E-state index contributed by atoms with van der Waals surface area (Å²) in [5.74, 6) is 1.70. The summed E-state index contributed by atoms with van der Waals surface area (Å²) < 4.78 is 16.3. The van der Waals surface area contributed by atoms with Gasteiger partial charge in [0.05, 0.1) is 25.8 Å². The number of benzene rings is 1. The molecule has 1 aromatic carbocycles. The van der Waals surface area contributed by atoms with Gasteiger partial charge in [0.25, 0.3) is 0 Å². The second-order valence-electron chi connectivity index (χ2n) is 5.25. The summed E-state index contributed by atoms with van der Waals surface area (Å²) in [6.45, 7) is 4.65. The van der Waals surface area contributed by atoms with Crippen molar-refractivity contribution in [2.45, 2.75) is 25.8 Å². The first-order valence-corrected chi connectivity index (χ1v) is 7.81. The van der Waals surface area contributed by atoms with Crippen molar-refractivity contribution in [3.8, 4) is 11.5 Å². The molecule has 0 spiro atoms. The zero-order chi connectivity index (χ0) is 15.2. The number of hydrogen-bond acceptors (Lipinski definition) is 4. The molecule has 0 aliphatic carbocycles. The Morgan fingerprint density at radius 2 is 2.19 bits per heavy atom. The van der Waals surface area contributed by atoms with Crippen LogP contribution in [0.2, 0.25) is 5.02 Å². The van der Waals surface area contributed by atoms with E-state index in [9.17, 15) is 0 Å². The van der Waals surface area contributed by atoms with E-state index in [1.807, 2.05) is 12.1 Å². The van der Waals surface area contributed by atoms with E-state index in [0.29, 0.717) is 22.4 Å². The van der Waals surface area contributed by atoms with Gasteiger partial charge in [0.2, 0.25) is 0 Å². The Morgan fingerprint density at radius 1 is 1.38 bits per heavy atom. The molecule has 2 atom stereocenters. The third-order valence-electron chi connectivity index (χ3n) is 3.91. The van der Waals surface area contributed by atoms with Gasteiger partial charge in [-0.1, -0.05) is 18.5 Å². The van der Waals surface area contributed by atoms with Crippen LogP contribution in [-0.2, 0) is 4.74 Å². The monoisotopic (exact) mass is 313 g/mol. The summed E-state index contributed by atoms with van der Waals surface area (Å²) in [7, 11) is 3.23. The number of nitrogens with one attached hydrogen (secondary N) is 1. The number of ether oxygens (including phenoxy) is 3. The zero-order valence-electron chi connectivity index (χ0n) is 12.9. The predicted octanol–water partition coefficient (Wildman–Crippen LogP) is 3.43. The largest absolute Gasteiger partial charge is 0.493 e. The molecule has 4 nitrogen and oxygen atoms in total. The van der Waals surface area contributed by atoms with Crippen LogP contribution in [0, 0.1) is 5.92 Å². The molecule has 5 heteroatoms. The summed E-state index contributed by atoms with van der Waals surface area (Å²) in [6.07, 6.45) is 2.26. The van der Waals surface area contributed by atoms with Gasteiger partial charge in [0, 0.05) is 18.6 Å². The molecule has 2 rings (SSSR count). The highest BCUT2D eigenvalue weighted by Crippen LogP contribution is 2.40. The Kier molecular flexibility index (Phi) is 6.15. The van der Waals surface area contributed by atoms with Crippen LogP contribution in [-0.4, -0.2) is 34.0 Å². The smallest absolute Gasteiger partial charge is 0.179 e. The molecule has 1 saturated heterocycles. The van der Waals surface area contributed by atoms with Gasteiger partial charge in [-0.2, -0.15) is 0 Å². The minimum absolute atomic E-state index is 0.215. The summed E-state index contributed by atoms with van der Waals surface area (Å²) >= 11 is 6.33. The molecular weight excluding hydrogens is 290 g/mol. The Hall–Kier alpha value is -0.970. The van der Waals surface area contributed by atoms with Crippen molar-refractivity contribution in [1.29, 1.82) is 0 Å². The van der Waals surface area contributed by atoms with Gasteiger partial charge in [0.15, 0.2) is 11.5 Å². The zero-order valence-corrected chi connectivity index (χ0v) is 13.7. The number of hydrogen-bond donors (Lipinski definition) is 1. The van der Waals surface area contributed by atoms with E-state index in [2.05, 4.69) is 12.2 Å². The lowest BCUT2D eigenvalue weighted by molar-refractivity contribution is 0.0392. The fraction of sp³-hybridized carbons (Fsp3) is 0.625. The lowest BCUT2D eigenvalue weighted by Gasteiger charge is -2.31. The first kappa shape index (κ1) is 16.4. The van der Waals surface area contributed by atoms with E-state index >= 15 is 0 Å². The molecular formula is C16H24ClNO3. The van der Waals surface area contributed by atoms with E-state index in [0.717, 1.165) is 38.2 Å². The molecule has 1 heterocycles. The molecule has 1 fully saturated rings. The van der Waals surface area contributed by atoms with Crippen molar-refractivity contribution in [3.05, 3.63) is 22.7 Å². The van der Waals surface area contributed by atoms with Gasteiger partial charge in [-0.05, 0) is 37.1 Å². The standard InChI is InChI=1S/C16H24ClNO3/c1-4-18-15(11-6-5-7-21-10-11)12-8-13(17)16(20-3)14(9-12)19-2/h8-9,11,15,18H,4-7,10H2,1-3H3. The Morgan fingerprint density at radius 3 is 2.76 bits per heavy atom. The average molecular weight is 314 g/mol. The van der Waals surface area contributed by atoms with Crippen LogP contribution in [0.4, 0.5) is 0 Å². The molecule has 21 heavy (non-hydrogen) atoms. The fourth-order valence-corrected chi connectivity index (χ4v) is 3.22. The van der Waals surface area contributed by atoms with Gasteiger partial charge in [-0.25, -0.2) is 0 Å². The van der Waals surface area contributed by atoms with Gasteiger partial charge < -0.3 is 19.5 Å². The maximum atomic E-state index is 6.33. The molecule has 0 amide bonds. The normalized spacial score (nSPS) is 20.1. The van der Waals surface area contributed by atoms with Gasteiger partial charge in [-0.15, -0.1) is 0 Å². The molecule has 1 aliphatic heterocycles. The Bertz CT molecular complexity index is 461. The van der Waals surface area contributed by atoms with Crippen LogP contribution in [0.3, 0.4) is 0 Å². The van der Waals surface area contributed by atoms with Crippen LogP contribution in [0.15, 0.2) is 12.1 Å². The van der Waals surface area contributed by atoms with E-state index in [4.69, 9.17) is 25.8 Å². The van der Waals surface area contributed by atoms with Gasteiger partial charge in [-0.3, -0.25) is 0 Å². The van der Waals surface area contributed by atoms with Crippen molar-refractivity contribution in [2.24, 2.45) is 5.92 Å². The molecule has 2 unspecified atom stereocenters. The SMILES string of the molecule is CCNC(c1cc(Cl)c(OC)c(OC)c1)C1CCCOC1. The predicted molar refractivity (Wildman–Crippen MR) is 84.5 cm³/mol. The molecule has 1 aliphatic rings. The average Bonchev–Trinajstić information content (AvgIpc) is 2.52. The van der Waals surface area contributed by atoms with Crippen LogP contribution >= 0.6 is 11.6 Å². The van der Waals surface area contributed by atoms with E-state index in [-0.39, 0.29) is 6.04 Å². The minimum atomic E-state index is 0.215. The van der Waals surface area contributed by atoms with Crippen molar-refractivity contribution in [2.75, 3.05) is 34.0 Å². The van der Waals surface area contributed by atoms with Crippen molar-refractivity contribution in [1.82, 2.24) is 5.32 Å². The summed E-state index contributed by atoms with van der Waals surface area (Å²) in [4.78, 5) is 0. The van der Waals surface area contributed by atoms with Crippen LogP contribution in [0.25, 0.3) is 0 Å². The molecule has 0 saturated carbocycles. The lowest BCUT2D eigenvalue weighted by Crippen LogP contribution is -2.33. The molecule has 1 aromatic rings. The van der Waals surface area contributed by atoms with Crippen molar-refractivity contribution < 1.29 is 14.2 Å². The summed E-state index contributed by atoms with van der Waals surface area (Å²) in [5, 5.41) is 4.13. The fourth-order valence-electron chi connectivity index (χ4n) is 2.92.